The maximum atomic E-state index is 12.3. The molecule has 5 rings (SSSR count). The number of hydrogen-bond acceptors (Lipinski definition) is 8. The number of rotatable bonds is 7. The smallest absolute Gasteiger partial charge is 0.436 e. The predicted molar refractivity (Wildman–Crippen MR) is 127 cm³/mol. The highest BCUT2D eigenvalue weighted by molar-refractivity contribution is 5.27. The Morgan fingerprint density at radius 3 is 2.38 bits per heavy atom. The van der Waals surface area contributed by atoms with Gasteiger partial charge in [-0.25, -0.2) is 0 Å². The van der Waals surface area contributed by atoms with Crippen LogP contribution in [0.4, 0.5) is 19.0 Å². The fourth-order valence-corrected chi connectivity index (χ4v) is 5.62. The summed E-state index contributed by atoms with van der Waals surface area (Å²) in [6.45, 7) is 9.77. The third-order valence-electron chi connectivity index (χ3n) is 7.36. The van der Waals surface area contributed by atoms with E-state index < -0.39 is 16.9 Å². The minimum Gasteiger partial charge on any atom is -0.436 e. The van der Waals surface area contributed by atoms with Gasteiger partial charge in [0.25, 0.3) is 0 Å². The number of aromatic nitrogens is 2. The molecule has 0 amide bonds. The zero-order chi connectivity index (χ0) is 26.2. The molecule has 2 aromatic rings. The van der Waals surface area contributed by atoms with Crippen LogP contribution < -0.4 is 9.47 Å². The van der Waals surface area contributed by atoms with Crippen molar-refractivity contribution in [2.75, 3.05) is 45.8 Å². The number of benzene rings is 1. The lowest BCUT2D eigenvalue weighted by Gasteiger charge is -2.43. The summed E-state index contributed by atoms with van der Waals surface area (Å²) in [7, 11) is 0. The van der Waals surface area contributed by atoms with Gasteiger partial charge >= 0.3 is 18.2 Å². The average Bonchev–Trinajstić information content (AvgIpc) is 3.36. The van der Waals surface area contributed by atoms with Gasteiger partial charge in [0.05, 0.1) is 6.54 Å². The van der Waals surface area contributed by atoms with Crippen molar-refractivity contribution in [3.8, 4) is 11.8 Å². The Labute approximate surface area is 212 Å². The molecule has 1 atom stereocenters. The minimum atomic E-state index is -4.67. The van der Waals surface area contributed by atoms with E-state index in [1.165, 1.54) is 18.3 Å². The molecule has 4 heterocycles. The number of alkyl halides is 3. The third kappa shape index (κ3) is 6.33. The van der Waals surface area contributed by atoms with Crippen LogP contribution in [0.2, 0.25) is 0 Å². The summed E-state index contributed by atoms with van der Waals surface area (Å²) in [4.78, 5) is 21.7. The van der Waals surface area contributed by atoms with E-state index in [2.05, 4.69) is 24.4 Å². The van der Waals surface area contributed by atoms with Gasteiger partial charge < -0.3 is 19.6 Å². The molecule has 10 nitrogen and oxygen atoms in total. The van der Waals surface area contributed by atoms with Crippen LogP contribution in [-0.4, -0.2) is 93.0 Å². The lowest BCUT2D eigenvalue weighted by atomic mass is 10.0. The highest BCUT2D eigenvalue weighted by Gasteiger charge is 2.42. The quantitative estimate of drug-likeness (QED) is 0.403. The van der Waals surface area contributed by atoms with Crippen LogP contribution in [0.5, 0.6) is 11.8 Å². The molecule has 0 spiro atoms. The van der Waals surface area contributed by atoms with Crippen LogP contribution >= 0.6 is 0 Å². The molecular formula is C24H31F3N6O4. The van der Waals surface area contributed by atoms with Crippen molar-refractivity contribution in [3.05, 3.63) is 46.1 Å². The first-order chi connectivity index (χ1) is 17.6. The normalized spacial score (nSPS) is 24.1. The summed E-state index contributed by atoms with van der Waals surface area (Å²) in [5.74, 6) is -0.386. The molecule has 3 aliphatic rings. The predicted octanol–water partition coefficient (Wildman–Crippen LogP) is 3.12. The van der Waals surface area contributed by atoms with Gasteiger partial charge in [0.2, 0.25) is 0 Å². The molecule has 0 aliphatic carbocycles. The zero-order valence-corrected chi connectivity index (χ0v) is 20.7. The Morgan fingerprint density at radius 1 is 1.11 bits per heavy atom. The van der Waals surface area contributed by atoms with E-state index in [-0.39, 0.29) is 11.6 Å². The molecule has 1 aromatic carbocycles. The van der Waals surface area contributed by atoms with Gasteiger partial charge in [0.1, 0.15) is 17.5 Å². The number of fused-ring (bicyclic) bond motifs is 1. The van der Waals surface area contributed by atoms with Crippen molar-refractivity contribution in [1.82, 2.24) is 24.3 Å². The molecule has 13 heteroatoms. The van der Waals surface area contributed by atoms with E-state index in [1.807, 2.05) is 6.92 Å². The first-order valence-electron chi connectivity index (χ1n) is 12.5. The molecule has 37 heavy (non-hydrogen) atoms. The van der Waals surface area contributed by atoms with Crippen LogP contribution in [0, 0.1) is 10.1 Å². The second-order valence-corrected chi connectivity index (χ2v) is 10.3. The molecule has 0 radical (unpaired) electrons. The van der Waals surface area contributed by atoms with Gasteiger partial charge in [-0.2, -0.15) is 0 Å². The van der Waals surface area contributed by atoms with Crippen molar-refractivity contribution >= 4 is 5.82 Å². The van der Waals surface area contributed by atoms with Crippen molar-refractivity contribution < 1.29 is 27.6 Å². The summed E-state index contributed by atoms with van der Waals surface area (Å²) >= 11 is 0. The molecular weight excluding hydrogens is 493 g/mol. The minimum absolute atomic E-state index is 0.190. The number of imidazole rings is 1. The fourth-order valence-electron chi connectivity index (χ4n) is 5.62. The van der Waals surface area contributed by atoms with Gasteiger partial charge in [-0.3, -0.25) is 19.3 Å². The Kier molecular flexibility index (Phi) is 7.03. The molecule has 0 N–H and O–H groups in total. The molecule has 3 aliphatic heterocycles. The van der Waals surface area contributed by atoms with E-state index >= 15 is 0 Å². The van der Waals surface area contributed by atoms with E-state index in [0.29, 0.717) is 25.1 Å². The topological polar surface area (TPSA) is 89.1 Å². The number of ether oxygens (including phenoxy) is 2. The average molecular weight is 525 g/mol. The zero-order valence-electron chi connectivity index (χ0n) is 20.7. The lowest BCUT2D eigenvalue weighted by molar-refractivity contribution is -0.389. The van der Waals surface area contributed by atoms with E-state index in [4.69, 9.17) is 4.74 Å². The number of likely N-dealkylation sites (tertiary alicyclic amines) is 1. The molecule has 2 fully saturated rings. The van der Waals surface area contributed by atoms with Crippen molar-refractivity contribution in [2.24, 2.45) is 0 Å². The second-order valence-electron chi connectivity index (χ2n) is 10.3. The summed E-state index contributed by atoms with van der Waals surface area (Å²) in [5, 5.41) is 10.9. The van der Waals surface area contributed by atoms with Crippen LogP contribution in [0.15, 0.2) is 30.5 Å². The molecule has 0 bridgehead atoms. The molecule has 202 valence electrons. The van der Waals surface area contributed by atoms with Gasteiger partial charge in [-0.05, 0) is 55.5 Å². The van der Waals surface area contributed by atoms with Crippen LogP contribution in [0.25, 0.3) is 0 Å². The number of piperazine rings is 1. The molecule has 0 saturated carbocycles. The summed E-state index contributed by atoms with van der Waals surface area (Å²) < 4.78 is 48.7. The third-order valence-corrected chi connectivity index (χ3v) is 7.36. The van der Waals surface area contributed by atoms with Crippen LogP contribution in [0.1, 0.15) is 25.3 Å². The van der Waals surface area contributed by atoms with Crippen LogP contribution in [-0.2, 0) is 13.1 Å². The van der Waals surface area contributed by atoms with Crippen molar-refractivity contribution in [1.29, 1.82) is 0 Å². The largest absolute Gasteiger partial charge is 0.573 e. The van der Waals surface area contributed by atoms with Gasteiger partial charge in [-0.15, -0.1) is 13.2 Å². The lowest BCUT2D eigenvalue weighted by Crippen LogP contribution is -2.56. The summed E-state index contributed by atoms with van der Waals surface area (Å²) in [6.07, 6.45) is -1.11. The summed E-state index contributed by atoms with van der Waals surface area (Å²) in [5.41, 5.74) is 0.517. The van der Waals surface area contributed by atoms with Gasteiger partial charge in [-0.1, -0.05) is 12.1 Å². The van der Waals surface area contributed by atoms with Gasteiger partial charge in [0.15, 0.2) is 0 Å². The maximum absolute atomic E-state index is 12.3. The number of halogens is 3. The van der Waals surface area contributed by atoms with Crippen LogP contribution in [0.3, 0.4) is 0 Å². The summed E-state index contributed by atoms with van der Waals surface area (Å²) in [6, 6.07) is 6.95. The highest BCUT2D eigenvalue weighted by atomic mass is 19.4. The highest BCUT2D eigenvalue weighted by Crippen LogP contribution is 2.32. The Morgan fingerprint density at radius 2 is 1.78 bits per heavy atom. The Balaban J connectivity index is 1.03. The van der Waals surface area contributed by atoms with E-state index in [0.717, 1.165) is 64.2 Å². The molecule has 1 aromatic heterocycles. The molecule has 1 unspecified atom stereocenters. The van der Waals surface area contributed by atoms with E-state index in [1.54, 1.807) is 16.7 Å². The SMILES string of the molecule is CC1(CN2CCN(C3CCN(Cc4ccc(OC(F)(F)F)cc4)CC3)CC2)Cn2cc([N+](=O)[O-])nc2O1. The number of nitro groups is 1. The number of nitrogens with zero attached hydrogens (tertiary/aromatic N) is 6. The first-order valence-corrected chi connectivity index (χ1v) is 12.5. The van der Waals surface area contributed by atoms with Crippen molar-refractivity contribution in [3.63, 3.8) is 0 Å². The fraction of sp³-hybridized carbons (Fsp3) is 0.625. The number of hydrogen-bond donors (Lipinski definition) is 0. The molecule has 2 saturated heterocycles. The Bertz CT molecular complexity index is 1070. The van der Waals surface area contributed by atoms with E-state index in [9.17, 15) is 23.3 Å². The monoisotopic (exact) mass is 524 g/mol. The maximum Gasteiger partial charge on any atom is 0.573 e. The van der Waals surface area contributed by atoms with Crippen molar-refractivity contribution in [2.45, 2.75) is 50.9 Å². The number of piperidine rings is 1. The van der Waals surface area contributed by atoms with Gasteiger partial charge in [0, 0.05) is 50.3 Å². The Hall–Kier alpha value is -2.90. The standard InChI is InChI=1S/C24H31F3N6O4/c1-23(17-32-15-21(33(34)35)28-22(32)37-23)16-30-10-12-31(13-11-30)19-6-8-29(9-7-19)14-18-2-4-20(5-3-18)36-24(25,26)27/h2-5,15,19H,6-14,16-17H2,1H3. The first kappa shape index (κ1) is 25.7. The second kappa shape index (κ2) is 10.1.